The molecule has 0 fully saturated rings. The second-order valence-corrected chi connectivity index (χ2v) is 7.99. The van der Waals surface area contributed by atoms with E-state index in [9.17, 15) is 9.59 Å². The van der Waals surface area contributed by atoms with Gasteiger partial charge >= 0.3 is 5.97 Å². The molecule has 1 spiro atoms. The summed E-state index contributed by atoms with van der Waals surface area (Å²) in [6, 6.07) is 13.0. The van der Waals surface area contributed by atoms with Crippen LogP contribution in [0.1, 0.15) is 23.7 Å². The van der Waals surface area contributed by atoms with Crippen LogP contribution >= 0.6 is 15.9 Å². The number of hydrogen-bond acceptors (Lipinski definition) is 4. The summed E-state index contributed by atoms with van der Waals surface area (Å²) < 4.78 is 6.14. The van der Waals surface area contributed by atoms with Crippen LogP contribution in [0.2, 0.25) is 0 Å². The van der Waals surface area contributed by atoms with Gasteiger partial charge in [-0.1, -0.05) is 34.1 Å². The van der Waals surface area contributed by atoms with Crippen molar-refractivity contribution in [3.63, 3.8) is 0 Å². The average Bonchev–Trinajstić information content (AvgIpc) is 3.19. The molecule has 0 saturated heterocycles. The number of esters is 1. The summed E-state index contributed by atoms with van der Waals surface area (Å²) >= 11 is 3.51. The molecule has 0 bridgehead atoms. The van der Waals surface area contributed by atoms with E-state index in [4.69, 9.17) is 4.74 Å². The highest BCUT2D eigenvalue weighted by molar-refractivity contribution is 9.10. The van der Waals surface area contributed by atoms with Gasteiger partial charge in [0.25, 0.3) is 5.91 Å². The lowest BCUT2D eigenvalue weighted by Crippen LogP contribution is -2.59. The first kappa shape index (κ1) is 17.5. The predicted molar refractivity (Wildman–Crippen MR) is 109 cm³/mol. The van der Waals surface area contributed by atoms with Crippen LogP contribution in [0.3, 0.4) is 0 Å². The fourth-order valence-electron chi connectivity index (χ4n) is 4.37. The monoisotopic (exact) mass is 439 g/mol. The molecule has 2 aliphatic heterocycles. The van der Waals surface area contributed by atoms with E-state index in [1.165, 1.54) is 0 Å². The lowest BCUT2D eigenvalue weighted by molar-refractivity contribution is -0.146. The fourth-order valence-corrected chi connectivity index (χ4v) is 4.73. The first-order valence-electron chi connectivity index (χ1n) is 9.20. The maximum atomic E-state index is 13.3. The number of carbonyl (C=O) groups excluding carboxylic acids is 2. The molecule has 3 aromatic rings. The van der Waals surface area contributed by atoms with E-state index in [0.29, 0.717) is 13.0 Å². The van der Waals surface area contributed by atoms with Crippen LogP contribution in [0, 0.1) is 0 Å². The van der Waals surface area contributed by atoms with E-state index >= 15 is 0 Å². The number of fused-ring (bicyclic) bond motifs is 6. The molecule has 2 atom stereocenters. The highest BCUT2D eigenvalue weighted by Crippen LogP contribution is 2.47. The number of ether oxygens (including phenoxy) is 1. The Morgan fingerprint density at radius 3 is 2.93 bits per heavy atom. The van der Waals surface area contributed by atoms with Gasteiger partial charge in [0.2, 0.25) is 0 Å². The molecule has 3 N–H and O–H groups in total. The summed E-state index contributed by atoms with van der Waals surface area (Å²) in [6.07, 6.45) is 0.455. The smallest absolute Gasteiger partial charge is 0.323 e. The first-order valence-corrected chi connectivity index (χ1v) is 9.99. The first-order chi connectivity index (χ1) is 13.5. The van der Waals surface area contributed by atoms with E-state index in [0.717, 1.165) is 37.9 Å². The molecule has 0 saturated carbocycles. The Kier molecular flexibility index (Phi) is 3.86. The zero-order chi connectivity index (χ0) is 19.5. The number of aromatic amines is 1. The second-order valence-electron chi connectivity index (χ2n) is 7.07. The topological polar surface area (TPSA) is 83.2 Å². The van der Waals surface area contributed by atoms with E-state index in [-0.39, 0.29) is 11.9 Å². The maximum Gasteiger partial charge on any atom is 0.323 e. The number of hydrogen-bond donors (Lipinski definition) is 3. The zero-order valence-electron chi connectivity index (χ0n) is 15.1. The molecule has 6 nitrogen and oxygen atoms in total. The van der Waals surface area contributed by atoms with Crippen LogP contribution in [0.15, 0.2) is 46.9 Å². The van der Waals surface area contributed by atoms with E-state index < -0.39 is 11.6 Å². The third-order valence-electron chi connectivity index (χ3n) is 5.53. The molecule has 142 valence electrons. The summed E-state index contributed by atoms with van der Waals surface area (Å²) in [5.74, 6) is -0.559. The minimum atomic E-state index is -1.18. The Hall–Kier alpha value is -2.64. The molecular weight excluding hydrogens is 422 g/mol. The molecule has 28 heavy (non-hydrogen) atoms. The molecule has 2 aliphatic rings. The SMILES string of the molecule is CCOC(=O)[C@@H]1Cc2c([nH]c3ccccc23)[C@]2(N1)C(=O)Nc1ccc(Br)cc12. The van der Waals surface area contributed by atoms with Crippen molar-refractivity contribution in [3.8, 4) is 0 Å². The fraction of sp³-hybridized carbons (Fsp3) is 0.238. The van der Waals surface area contributed by atoms with Crippen LogP contribution < -0.4 is 10.6 Å². The van der Waals surface area contributed by atoms with Gasteiger partial charge in [0.1, 0.15) is 6.04 Å². The number of para-hydroxylation sites is 1. The number of rotatable bonds is 2. The van der Waals surface area contributed by atoms with Crippen molar-refractivity contribution in [1.29, 1.82) is 0 Å². The van der Waals surface area contributed by atoms with Gasteiger partial charge in [0.15, 0.2) is 5.54 Å². The van der Waals surface area contributed by atoms with Gasteiger partial charge in [-0.2, -0.15) is 0 Å². The number of nitrogens with one attached hydrogen (secondary N) is 3. The molecule has 0 radical (unpaired) electrons. The second kappa shape index (κ2) is 6.18. The Bertz CT molecular complexity index is 1140. The van der Waals surface area contributed by atoms with Gasteiger partial charge in [-0.15, -0.1) is 0 Å². The van der Waals surface area contributed by atoms with Crippen LogP contribution in [-0.2, 0) is 26.3 Å². The third kappa shape index (κ3) is 2.29. The van der Waals surface area contributed by atoms with Crippen LogP contribution in [0.4, 0.5) is 5.69 Å². The van der Waals surface area contributed by atoms with Crippen LogP contribution in [-0.4, -0.2) is 29.5 Å². The molecule has 5 rings (SSSR count). The lowest BCUT2D eigenvalue weighted by Gasteiger charge is -2.37. The van der Waals surface area contributed by atoms with Crippen LogP contribution in [0.5, 0.6) is 0 Å². The maximum absolute atomic E-state index is 13.3. The number of anilines is 1. The number of amides is 1. The van der Waals surface area contributed by atoms with Crippen molar-refractivity contribution >= 4 is 44.4 Å². The molecule has 1 amide bonds. The molecule has 3 heterocycles. The zero-order valence-corrected chi connectivity index (χ0v) is 16.7. The highest BCUT2D eigenvalue weighted by atomic mass is 79.9. The van der Waals surface area contributed by atoms with Gasteiger partial charge in [-0.05, 0) is 36.8 Å². The molecule has 0 unspecified atom stereocenters. The number of aromatic nitrogens is 1. The largest absolute Gasteiger partial charge is 0.465 e. The number of H-pyrrole nitrogens is 1. The van der Waals surface area contributed by atoms with Crippen molar-refractivity contribution in [2.45, 2.75) is 24.9 Å². The van der Waals surface area contributed by atoms with Crippen molar-refractivity contribution in [3.05, 3.63) is 63.8 Å². The van der Waals surface area contributed by atoms with Gasteiger partial charge < -0.3 is 15.0 Å². The Labute approximate surface area is 169 Å². The van der Waals surface area contributed by atoms with E-state index in [1.54, 1.807) is 6.92 Å². The predicted octanol–water partition coefficient (Wildman–Crippen LogP) is 3.20. The molecular formula is C21H18BrN3O3. The Morgan fingerprint density at radius 2 is 2.11 bits per heavy atom. The Balaban J connectivity index is 1.80. The minimum Gasteiger partial charge on any atom is -0.465 e. The molecule has 0 aliphatic carbocycles. The summed E-state index contributed by atoms with van der Waals surface area (Å²) in [5, 5.41) is 7.31. The number of halogens is 1. The van der Waals surface area contributed by atoms with Gasteiger partial charge in [-0.3, -0.25) is 14.9 Å². The third-order valence-corrected chi connectivity index (χ3v) is 6.03. The summed E-state index contributed by atoms with van der Waals surface area (Å²) in [7, 11) is 0. The molecule has 1 aromatic heterocycles. The quantitative estimate of drug-likeness (QED) is 0.535. The van der Waals surface area contributed by atoms with Crippen LogP contribution in [0.25, 0.3) is 10.9 Å². The number of benzene rings is 2. The normalized spacial score (nSPS) is 22.8. The standard InChI is InChI=1S/C21H18BrN3O3/c1-2-28-19(26)17-10-13-12-5-3-4-6-15(12)23-18(13)21(25-17)14-9-11(22)7-8-16(14)24-20(21)27/h3-9,17,23,25H,2,10H2,1H3,(H,24,27)/t17-,21-/m0/s1. The molecule has 2 aromatic carbocycles. The van der Waals surface area contributed by atoms with E-state index in [1.807, 2.05) is 42.5 Å². The van der Waals surface area contributed by atoms with Crippen molar-refractivity contribution in [2.75, 3.05) is 11.9 Å². The summed E-state index contributed by atoms with van der Waals surface area (Å²) in [6.45, 7) is 2.07. The molecule has 7 heteroatoms. The van der Waals surface area contributed by atoms with E-state index in [2.05, 4.69) is 31.5 Å². The summed E-state index contributed by atoms with van der Waals surface area (Å²) in [4.78, 5) is 29.4. The van der Waals surface area contributed by atoms with Crippen molar-refractivity contribution in [2.24, 2.45) is 0 Å². The number of carbonyl (C=O) groups is 2. The van der Waals surface area contributed by atoms with Gasteiger partial charge in [0, 0.05) is 33.0 Å². The minimum absolute atomic E-state index is 0.206. The van der Waals surface area contributed by atoms with Gasteiger partial charge in [-0.25, -0.2) is 0 Å². The van der Waals surface area contributed by atoms with Crippen molar-refractivity contribution < 1.29 is 14.3 Å². The highest BCUT2D eigenvalue weighted by Gasteiger charge is 2.55. The summed E-state index contributed by atoms with van der Waals surface area (Å²) in [5.41, 5.74) is 3.03. The van der Waals surface area contributed by atoms with Gasteiger partial charge in [0.05, 0.1) is 12.3 Å². The Morgan fingerprint density at radius 1 is 1.29 bits per heavy atom. The lowest BCUT2D eigenvalue weighted by atomic mass is 9.79. The van der Waals surface area contributed by atoms with Crippen molar-refractivity contribution in [1.82, 2.24) is 10.3 Å². The average molecular weight is 440 g/mol.